The van der Waals surface area contributed by atoms with Gasteiger partial charge in [0.25, 0.3) is 0 Å². The predicted molar refractivity (Wildman–Crippen MR) is 113 cm³/mol. The Morgan fingerprint density at radius 1 is 1.32 bits per heavy atom. The van der Waals surface area contributed by atoms with E-state index in [0.717, 1.165) is 58.9 Å². The van der Waals surface area contributed by atoms with Gasteiger partial charge in [-0.05, 0) is 45.2 Å². The van der Waals surface area contributed by atoms with Crippen LogP contribution in [-0.2, 0) is 24.1 Å². The third-order valence-corrected chi connectivity index (χ3v) is 5.93. The fraction of sp³-hybridized carbons (Fsp3) is 0.429. The van der Waals surface area contributed by atoms with Crippen LogP contribution in [0.1, 0.15) is 57.1 Å². The van der Waals surface area contributed by atoms with Gasteiger partial charge in [-0.1, -0.05) is 24.7 Å². The summed E-state index contributed by atoms with van der Waals surface area (Å²) in [6, 6.07) is 4.47. The summed E-state index contributed by atoms with van der Waals surface area (Å²) in [6.07, 6.45) is 5.79. The molecule has 1 N–H and O–H groups in total. The predicted octanol–water partition coefficient (Wildman–Crippen LogP) is 4.66. The van der Waals surface area contributed by atoms with Gasteiger partial charge in [-0.3, -0.25) is 14.5 Å². The quantitative estimate of drug-likeness (QED) is 0.682. The van der Waals surface area contributed by atoms with Gasteiger partial charge in [0.1, 0.15) is 0 Å². The highest BCUT2D eigenvalue weighted by Crippen LogP contribution is 2.43. The Labute approximate surface area is 169 Å². The summed E-state index contributed by atoms with van der Waals surface area (Å²) >= 11 is 1.54. The lowest BCUT2D eigenvalue weighted by Crippen LogP contribution is -2.09. The van der Waals surface area contributed by atoms with Gasteiger partial charge in [-0.2, -0.15) is 5.10 Å². The van der Waals surface area contributed by atoms with E-state index in [1.165, 1.54) is 23.8 Å². The van der Waals surface area contributed by atoms with Crippen molar-refractivity contribution < 1.29 is 4.79 Å². The summed E-state index contributed by atoms with van der Waals surface area (Å²) in [5, 5.41) is 8.46. The van der Waals surface area contributed by atoms with Crippen LogP contribution in [0.3, 0.4) is 0 Å². The molecule has 146 valence electrons. The number of hydrogen-bond acceptors (Lipinski definition) is 5. The molecule has 0 bridgehead atoms. The van der Waals surface area contributed by atoms with E-state index in [0.29, 0.717) is 5.13 Å². The number of aryl methyl sites for hydroxylation is 2. The van der Waals surface area contributed by atoms with Crippen molar-refractivity contribution in [3.05, 3.63) is 35.3 Å². The van der Waals surface area contributed by atoms with Crippen LogP contribution in [0.15, 0.2) is 18.3 Å². The van der Waals surface area contributed by atoms with Gasteiger partial charge in [0, 0.05) is 36.0 Å². The maximum Gasteiger partial charge on any atom is 0.223 e. The van der Waals surface area contributed by atoms with Crippen LogP contribution in [0.4, 0.5) is 5.13 Å². The van der Waals surface area contributed by atoms with Crippen molar-refractivity contribution in [1.29, 1.82) is 0 Å². The molecule has 1 aliphatic rings. The molecule has 0 radical (unpaired) electrons. The number of nitrogens with zero attached hydrogens (tertiary/aromatic N) is 4. The molecule has 3 aromatic rings. The molecule has 0 aliphatic heterocycles. The molecule has 1 amide bonds. The standard InChI is InChI=1S/C21H25N5OS/c1-5-6-15-8-7-14(11-22-15)18-16-9-10-17-20(19(16)26(25-18)12(2)3)28-21(24-17)23-13(4)27/h7-8,11-12H,5-6,9-10H2,1-4H3,(H,23,24,27). The molecule has 0 saturated heterocycles. The van der Waals surface area contributed by atoms with E-state index in [4.69, 9.17) is 5.10 Å². The second kappa shape index (κ2) is 7.47. The number of thiazole rings is 1. The molecule has 3 heterocycles. The molecular formula is C21H25N5OS. The van der Waals surface area contributed by atoms with E-state index in [9.17, 15) is 4.79 Å². The highest BCUT2D eigenvalue weighted by Gasteiger charge is 2.30. The zero-order valence-electron chi connectivity index (χ0n) is 16.7. The van der Waals surface area contributed by atoms with Crippen LogP contribution in [0.5, 0.6) is 0 Å². The molecule has 0 aromatic carbocycles. The van der Waals surface area contributed by atoms with Crippen LogP contribution >= 0.6 is 11.3 Å². The zero-order valence-corrected chi connectivity index (χ0v) is 17.6. The number of carbonyl (C=O) groups is 1. The van der Waals surface area contributed by atoms with Crippen molar-refractivity contribution in [2.45, 2.75) is 59.4 Å². The third kappa shape index (κ3) is 3.35. The second-order valence-corrected chi connectivity index (χ2v) is 8.48. The zero-order chi connectivity index (χ0) is 19.8. The summed E-state index contributed by atoms with van der Waals surface area (Å²) in [5.74, 6) is -0.0948. The lowest BCUT2D eigenvalue weighted by Gasteiger charge is -2.15. The fourth-order valence-corrected chi connectivity index (χ4v) is 4.80. The molecule has 4 rings (SSSR count). The Kier molecular flexibility index (Phi) is 5.02. The summed E-state index contributed by atoms with van der Waals surface area (Å²) in [4.78, 5) is 21.8. The summed E-state index contributed by atoms with van der Waals surface area (Å²) < 4.78 is 2.10. The third-order valence-electron chi connectivity index (χ3n) is 4.91. The van der Waals surface area contributed by atoms with Crippen molar-refractivity contribution in [1.82, 2.24) is 19.7 Å². The van der Waals surface area contributed by atoms with Gasteiger partial charge < -0.3 is 5.32 Å². The first-order valence-electron chi connectivity index (χ1n) is 9.82. The van der Waals surface area contributed by atoms with Gasteiger partial charge in [-0.15, -0.1) is 0 Å². The van der Waals surface area contributed by atoms with E-state index in [-0.39, 0.29) is 11.9 Å². The number of aromatic nitrogens is 4. The SMILES string of the molecule is CCCc1ccc(-c2nn(C(C)C)c3c2CCc2nc(NC(C)=O)sc2-3)cn1. The van der Waals surface area contributed by atoms with E-state index in [1.807, 2.05) is 6.20 Å². The Morgan fingerprint density at radius 3 is 2.79 bits per heavy atom. The monoisotopic (exact) mass is 395 g/mol. The molecule has 0 fully saturated rings. The van der Waals surface area contributed by atoms with Gasteiger partial charge in [0.05, 0.1) is 22.0 Å². The summed E-state index contributed by atoms with van der Waals surface area (Å²) in [5.41, 5.74) is 6.63. The van der Waals surface area contributed by atoms with Crippen molar-refractivity contribution in [2.24, 2.45) is 0 Å². The van der Waals surface area contributed by atoms with Crippen LogP contribution in [0, 0.1) is 0 Å². The topological polar surface area (TPSA) is 72.7 Å². The number of hydrogen-bond donors (Lipinski definition) is 1. The van der Waals surface area contributed by atoms with Crippen molar-refractivity contribution >= 4 is 22.4 Å². The molecular weight excluding hydrogens is 370 g/mol. The van der Waals surface area contributed by atoms with Crippen LogP contribution < -0.4 is 5.32 Å². The minimum Gasteiger partial charge on any atom is -0.302 e. The number of fused-ring (bicyclic) bond motifs is 3. The normalized spacial score (nSPS) is 12.8. The fourth-order valence-electron chi connectivity index (χ4n) is 3.67. The first-order valence-corrected chi connectivity index (χ1v) is 10.6. The molecule has 6 nitrogen and oxygen atoms in total. The second-order valence-electron chi connectivity index (χ2n) is 7.48. The molecule has 0 spiro atoms. The summed E-state index contributed by atoms with van der Waals surface area (Å²) in [7, 11) is 0. The van der Waals surface area contributed by atoms with Gasteiger partial charge in [0.2, 0.25) is 5.91 Å². The molecule has 7 heteroatoms. The molecule has 28 heavy (non-hydrogen) atoms. The Hall–Kier alpha value is -2.54. The van der Waals surface area contributed by atoms with Crippen LogP contribution in [0.25, 0.3) is 21.8 Å². The van der Waals surface area contributed by atoms with Crippen molar-refractivity contribution in [2.75, 3.05) is 5.32 Å². The molecule has 0 atom stereocenters. The van der Waals surface area contributed by atoms with E-state index in [1.54, 1.807) is 0 Å². The highest BCUT2D eigenvalue weighted by atomic mass is 32.1. The number of carbonyl (C=O) groups excluding carboxylic acids is 1. The maximum absolute atomic E-state index is 11.4. The number of nitrogens with one attached hydrogen (secondary N) is 1. The first kappa shape index (κ1) is 18.8. The Bertz CT molecular complexity index is 1020. The number of amides is 1. The van der Waals surface area contributed by atoms with Gasteiger partial charge in [0.15, 0.2) is 5.13 Å². The lowest BCUT2D eigenvalue weighted by atomic mass is 9.95. The Morgan fingerprint density at radius 2 is 2.14 bits per heavy atom. The van der Waals surface area contributed by atoms with Crippen molar-refractivity contribution in [3.63, 3.8) is 0 Å². The summed E-state index contributed by atoms with van der Waals surface area (Å²) in [6.45, 7) is 7.96. The average Bonchev–Trinajstić information content (AvgIpc) is 3.22. The molecule has 3 aromatic heterocycles. The number of anilines is 1. The van der Waals surface area contributed by atoms with E-state index >= 15 is 0 Å². The minimum absolute atomic E-state index is 0.0948. The maximum atomic E-state index is 11.4. The minimum atomic E-state index is -0.0948. The van der Waals surface area contributed by atoms with Gasteiger partial charge >= 0.3 is 0 Å². The highest BCUT2D eigenvalue weighted by molar-refractivity contribution is 7.19. The molecule has 0 saturated carbocycles. The molecule has 0 unspecified atom stereocenters. The first-order chi connectivity index (χ1) is 13.5. The largest absolute Gasteiger partial charge is 0.302 e. The average molecular weight is 396 g/mol. The van der Waals surface area contributed by atoms with Crippen molar-refractivity contribution in [3.8, 4) is 21.8 Å². The van der Waals surface area contributed by atoms with E-state index < -0.39 is 0 Å². The molecule has 1 aliphatic carbocycles. The van der Waals surface area contributed by atoms with E-state index in [2.05, 4.69) is 52.9 Å². The van der Waals surface area contributed by atoms with Crippen LogP contribution in [0.2, 0.25) is 0 Å². The van der Waals surface area contributed by atoms with Gasteiger partial charge in [-0.25, -0.2) is 4.98 Å². The Balaban J connectivity index is 1.81. The number of pyridine rings is 1. The smallest absolute Gasteiger partial charge is 0.223 e. The number of rotatable bonds is 5. The lowest BCUT2D eigenvalue weighted by molar-refractivity contribution is -0.114. The van der Waals surface area contributed by atoms with Crippen LogP contribution in [-0.4, -0.2) is 25.7 Å².